The molecule has 0 saturated heterocycles. The van der Waals surface area contributed by atoms with E-state index in [9.17, 15) is 5.11 Å². The van der Waals surface area contributed by atoms with Crippen LogP contribution in [0.1, 0.15) is 5.69 Å². The van der Waals surface area contributed by atoms with E-state index in [0.29, 0.717) is 22.0 Å². The predicted molar refractivity (Wildman–Crippen MR) is 53.1 cm³/mol. The zero-order valence-corrected chi connectivity index (χ0v) is 8.45. The SMILES string of the molecule is Cc1nc2ncnn2c2c1=C([O-])[NH2+]N=CC=2. The molecule has 2 N–H and O–H groups in total. The van der Waals surface area contributed by atoms with Gasteiger partial charge in [-0.2, -0.15) is 20.0 Å². The first-order chi connectivity index (χ1) is 7.77. The van der Waals surface area contributed by atoms with Gasteiger partial charge in [0.25, 0.3) is 5.78 Å². The number of nitrogens with zero attached hydrogens (tertiary/aromatic N) is 5. The molecule has 80 valence electrons. The Morgan fingerprint density at radius 3 is 3.19 bits per heavy atom. The summed E-state index contributed by atoms with van der Waals surface area (Å²) in [4.78, 5) is 8.21. The van der Waals surface area contributed by atoms with E-state index in [-0.39, 0.29) is 5.88 Å². The van der Waals surface area contributed by atoms with Crippen LogP contribution in [0.2, 0.25) is 0 Å². The Morgan fingerprint density at radius 1 is 1.44 bits per heavy atom. The molecule has 0 saturated carbocycles. The molecule has 3 rings (SSSR count). The Labute approximate surface area is 89.5 Å². The maximum atomic E-state index is 11.8. The Kier molecular flexibility index (Phi) is 1.74. The van der Waals surface area contributed by atoms with Crippen molar-refractivity contribution < 1.29 is 10.5 Å². The van der Waals surface area contributed by atoms with Crippen molar-refractivity contribution >= 4 is 24.0 Å². The van der Waals surface area contributed by atoms with Gasteiger partial charge in [-0.25, -0.2) is 4.98 Å². The van der Waals surface area contributed by atoms with Gasteiger partial charge in [-0.1, -0.05) is 5.10 Å². The van der Waals surface area contributed by atoms with Crippen molar-refractivity contribution in [1.82, 2.24) is 19.6 Å². The average Bonchev–Trinajstić information content (AvgIpc) is 2.62. The first-order valence-electron chi connectivity index (χ1n) is 4.72. The Hall–Kier alpha value is -2.28. The van der Waals surface area contributed by atoms with Gasteiger partial charge in [0.1, 0.15) is 12.2 Å². The van der Waals surface area contributed by atoms with Gasteiger partial charge in [-0.05, 0) is 13.0 Å². The Morgan fingerprint density at radius 2 is 2.31 bits per heavy atom. The summed E-state index contributed by atoms with van der Waals surface area (Å²) in [7, 11) is 0. The first kappa shape index (κ1) is 8.98. The largest absolute Gasteiger partial charge is 0.829 e. The third-order valence-corrected chi connectivity index (χ3v) is 2.40. The first-order valence-corrected chi connectivity index (χ1v) is 4.72. The fourth-order valence-corrected chi connectivity index (χ4v) is 1.73. The standard InChI is InChI=1S/C9H8N6O/c1-5-7-6(2-3-11-14-8(7)16)15-9(13-5)10-4-12-15/h2-4,14,16H,1H3. The average molecular weight is 216 g/mol. The second kappa shape index (κ2) is 3.11. The van der Waals surface area contributed by atoms with Crippen LogP contribution in [-0.4, -0.2) is 25.8 Å². The van der Waals surface area contributed by atoms with E-state index in [4.69, 9.17) is 0 Å². The number of rotatable bonds is 0. The summed E-state index contributed by atoms with van der Waals surface area (Å²) in [6.07, 6.45) is 4.70. The molecule has 0 unspecified atom stereocenters. The minimum Gasteiger partial charge on any atom is -0.829 e. The van der Waals surface area contributed by atoms with Crippen LogP contribution in [-0.2, 0) is 0 Å². The van der Waals surface area contributed by atoms with E-state index in [2.05, 4.69) is 20.2 Å². The normalized spacial score (nSPS) is 14.7. The molecule has 2 aromatic heterocycles. The topological polar surface area (TPSA) is 95.1 Å². The molecule has 3 heterocycles. The third kappa shape index (κ3) is 1.12. The molecule has 0 amide bonds. The maximum Gasteiger partial charge on any atom is 0.252 e. The van der Waals surface area contributed by atoms with Gasteiger partial charge in [0.15, 0.2) is 0 Å². The molecule has 7 heteroatoms. The highest BCUT2D eigenvalue weighted by molar-refractivity contribution is 5.90. The van der Waals surface area contributed by atoms with Crippen LogP contribution in [0.25, 0.3) is 17.7 Å². The lowest BCUT2D eigenvalue weighted by Crippen LogP contribution is -2.80. The van der Waals surface area contributed by atoms with Crippen molar-refractivity contribution in [3.05, 3.63) is 22.6 Å². The summed E-state index contributed by atoms with van der Waals surface area (Å²) in [5.74, 6) is 0.318. The van der Waals surface area contributed by atoms with Crippen LogP contribution in [0.4, 0.5) is 0 Å². The lowest BCUT2D eigenvalue weighted by Gasteiger charge is -2.05. The summed E-state index contributed by atoms with van der Waals surface area (Å²) >= 11 is 0. The van der Waals surface area contributed by atoms with Crippen molar-refractivity contribution in [2.45, 2.75) is 6.92 Å². The molecule has 0 aliphatic carbocycles. The van der Waals surface area contributed by atoms with Crippen LogP contribution in [0.5, 0.6) is 0 Å². The lowest BCUT2D eigenvalue weighted by molar-refractivity contribution is -0.643. The monoisotopic (exact) mass is 216 g/mol. The summed E-state index contributed by atoms with van der Waals surface area (Å²) in [5, 5.41) is 20.9. The summed E-state index contributed by atoms with van der Waals surface area (Å²) in [5.41, 5.74) is 1.92. The molecule has 2 aromatic rings. The van der Waals surface area contributed by atoms with Crippen molar-refractivity contribution in [2.75, 3.05) is 0 Å². The number of aryl methyl sites for hydroxylation is 1. The van der Waals surface area contributed by atoms with E-state index < -0.39 is 0 Å². The van der Waals surface area contributed by atoms with Gasteiger partial charge in [-0.15, -0.1) is 0 Å². The predicted octanol–water partition coefficient (Wildman–Crippen LogP) is -3.80. The van der Waals surface area contributed by atoms with Gasteiger partial charge in [-0.3, -0.25) is 0 Å². The summed E-state index contributed by atoms with van der Waals surface area (Å²) in [6.45, 7) is 1.78. The highest BCUT2D eigenvalue weighted by atomic mass is 16.3. The van der Waals surface area contributed by atoms with E-state index in [1.165, 1.54) is 16.3 Å². The van der Waals surface area contributed by atoms with Crippen LogP contribution in [0, 0.1) is 6.92 Å². The fraction of sp³-hybridized carbons (Fsp3) is 0.111. The molecule has 0 aromatic carbocycles. The van der Waals surface area contributed by atoms with Crippen molar-refractivity contribution in [2.24, 2.45) is 5.10 Å². The number of nitrogens with two attached hydrogens (primary N) is 1. The number of aromatic nitrogens is 4. The zero-order chi connectivity index (χ0) is 11.1. The molecule has 0 atom stereocenters. The smallest absolute Gasteiger partial charge is 0.252 e. The second-order valence-electron chi connectivity index (χ2n) is 3.39. The molecule has 1 aliphatic heterocycles. The molecular formula is C9H8N6O. The van der Waals surface area contributed by atoms with E-state index in [0.717, 1.165) is 0 Å². The highest BCUT2D eigenvalue weighted by Gasteiger charge is 2.07. The van der Waals surface area contributed by atoms with Gasteiger partial charge in [0.05, 0.1) is 22.5 Å². The van der Waals surface area contributed by atoms with Crippen LogP contribution in [0.3, 0.4) is 0 Å². The number of hydrogen-bond donors (Lipinski definition) is 1. The molecule has 0 spiro atoms. The third-order valence-electron chi connectivity index (χ3n) is 2.40. The Balaban J connectivity index is 2.67. The van der Waals surface area contributed by atoms with Gasteiger partial charge < -0.3 is 5.11 Å². The molecular weight excluding hydrogens is 208 g/mol. The molecule has 16 heavy (non-hydrogen) atoms. The van der Waals surface area contributed by atoms with Crippen LogP contribution in [0.15, 0.2) is 11.4 Å². The highest BCUT2D eigenvalue weighted by Crippen LogP contribution is 1.88. The minimum absolute atomic E-state index is 0.164. The summed E-state index contributed by atoms with van der Waals surface area (Å²) < 4.78 is 1.53. The number of fused-ring (bicyclic) bond motifs is 3. The van der Waals surface area contributed by atoms with E-state index in [1.54, 1.807) is 19.2 Å². The van der Waals surface area contributed by atoms with Gasteiger partial charge in [0.2, 0.25) is 0 Å². The van der Waals surface area contributed by atoms with Crippen molar-refractivity contribution in [3.8, 4) is 0 Å². The quantitative estimate of drug-likeness (QED) is 0.457. The lowest BCUT2D eigenvalue weighted by atomic mass is 10.3. The van der Waals surface area contributed by atoms with Crippen molar-refractivity contribution in [3.63, 3.8) is 0 Å². The Bertz CT molecular complexity index is 713. The second-order valence-corrected chi connectivity index (χ2v) is 3.39. The fourth-order valence-electron chi connectivity index (χ4n) is 1.73. The van der Waals surface area contributed by atoms with Crippen LogP contribution < -0.4 is 21.1 Å². The molecule has 1 aliphatic rings. The number of quaternary nitrogens is 1. The van der Waals surface area contributed by atoms with Crippen molar-refractivity contribution in [1.29, 1.82) is 0 Å². The molecule has 0 radical (unpaired) electrons. The van der Waals surface area contributed by atoms with Gasteiger partial charge >= 0.3 is 0 Å². The molecule has 0 fully saturated rings. The van der Waals surface area contributed by atoms with E-state index in [1.807, 2.05) is 0 Å². The summed E-state index contributed by atoms with van der Waals surface area (Å²) in [6, 6.07) is 0. The van der Waals surface area contributed by atoms with Crippen LogP contribution >= 0.6 is 0 Å². The maximum absolute atomic E-state index is 11.8. The minimum atomic E-state index is -0.164. The van der Waals surface area contributed by atoms with E-state index >= 15 is 0 Å². The molecule has 0 bridgehead atoms. The zero-order valence-electron chi connectivity index (χ0n) is 8.45. The van der Waals surface area contributed by atoms with Gasteiger partial charge in [0, 0.05) is 0 Å². The molecule has 7 nitrogen and oxygen atoms in total. The number of hydrogen-bond acceptors (Lipinski definition) is 5.